The number of nitrogens with zero attached hydrogens (tertiary/aromatic N) is 2. The van der Waals surface area contributed by atoms with Crippen LogP contribution in [-0.2, 0) is 21.4 Å². The van der Waals surface area contributed by atoms with Crippen LogP contribution in [0.4, 0.5) is 0 Å². The normalized spacial score (nSPS) is 26.3. The second-order valence-corrected chi connectivity index (χ2v) is 11.0. The maximum absolute atomic E-state index is 13.9. The van der Waals surface area contributed by atoms with Crippen LogP contribution < -0.4 is 5.56 Å². The van der Waals surface area contributed by atoms with Crippen LogP contribution in [0.1, 0.15) is 50.7 Å². The highest BCUT2D eigenvalue weighted by Gasteiger charge is 2.56. The number of imidazole rings is 1. The van der Waals surface area contributed by atoms with Gasteiger partial charge in [-0.2, -0.15) is 0 Å². The van der Waals surface area contributed by atoms with Crippen LogP contribution in [0.15, 0.2) is 53.3 Å². The predicted molar refractivity (Wildman–Crippen MR) is 138 cm³/mol. The summed E-state index contributed by atoms with van der Waals surface area (Å²) < 4.78 is 7.14. The quantitative estimate of drug-likeness (QED) is 0.295. The van der Waals surface area contributed by atoms with E-state index in [-0.39, 0.29) is 22.9 Å². The molecule has 0 radical (unpaired) electrons. The second-order valence-electron chi connectivity index (χ2n) is 11.0. The van der Waals surface area contributed by atoms with Gasteiger partial charge in [-0.05, 0) is 72.6 Å². The number of rotatable bonds is 1. The fourth-order valence-electron chi connectivity index (χ4n) is 7.83. The lowest BCUT2D eigenvalue weighted by molar-refractivity contribution is -0.161. The number of esters is 1. The van der Waals surface area contributed by atoms with Crippen LogP contribution in [0.5, 0.6) is 0 Å². The zero-order valence-electron chi connectivity index (χ0n) is 20.4. The van der Waals surface area contributed by atoms with Crippen molar-refractivity contribution < 1.29 is 9.53 Å². The Morgan fingerprint density at radius 1 is 1.06 bits per heavy atom. The van der Waals surface area contributed by atoms with Crippen LogP contribution >= 0.6 is 0 Å². The van der Waals surface area contributed by atoms with Crippen molar-refractivity contribution in [3.8, 4) is 0 Å². The van der Waals surface area contributed by atoms with Gasteiger partial charge in [-0.1, -0.05) is 49.7 Å². The molecule has 7 rings (SSSR count). The lowest BCUT2D eigenvalue weighted by Crippen LogP contribution is -2.52. The molecule has 2 heterocycles. The minimum Gasteiger partial charge on any atom is -0.469 e. The number of aromatic nitrogens is 2. The molecule has 2 aromatic heterocycles. The van der Waals surface area contributed by atoms with Crippen molar-refractivity contribution in [1.29, 1.82) is 0 Å². The van der Waals surface area contributed by atoms with E-state index in [1.54, 1.807) is 0 Å². The second kappa shape index (κ2) is 6.81. The number of carbonyl (C=O) groups is 1. The Morgan fingerprint density at radius 3 is 2.60 bits per heavy atom. The van der Waals surface area contributed by atoms with Gasteiger partial charge >= 0.3 is 5.97 Å². The molecule has 0 saturated heterocycles. The summed E-state index contributed by atoms with van der Waals surface area (Å²) in [7, 11) is 1.50. The van der Waals surface area contributed by atoms with Crippen LogP contribution in [-0.4, -0.2) is 22.5 Å². The molecule has 0 bridgehead atoms. The number of pyridine rings is 1. The Kier molecular flexibility index (Phi) is 4.06. The van der Waals surface area contributed by atoms with Crippen LogP contribution in [0.2, 0.25) is 0 Å². The van der Waals surface area contributed by atoms with Gasteiger partial charge in [-0.15, -0.1) is 0 Å². The van der Waals surface area contributed by atoms with Crippen molar-refractivity contribution in [3.63, 3.8) is 0 Å². The zero-order chi connectivity index (χ0) is 24.1. The molecular formula is C30H28N2O3. The Morgan fingerprint density at radius 2 is 1.83 bits per heavy atom. The average molecular weight is 465 g/mol. The summed E-state index contributed by atoms with van der Waals surface area (Å²) in [5, 5.41) is 3.80. The number of hydrogen-bond acceptors (Lipinski definition) is 4. The summed E-state index contributed by atoms with van der Waals surface area (Å²) in [6.45, 7) is 4.40. The molecule has 35 heavy (non-hydrogen) atoms. The fourth-order valence-corrected chi connectivity index (χ4v) is 7.83. The van der Waals surface area contributed by atoms with Crippen molar-refractivity contribution in [2.24, 2.45) is 11.3 Å². The smallest absolute Gasteiger partial charge is 0.311 e. The summed E-state index contributed by atoms with van der Waals surface area (Å²) in [5.41, 5.74) is 4.38. The summed E-state index contributed by atoms with van der Waals surface area (Å²) in [6, 6.07) is 16.4. The van der Waals surface area contributed by atoms with E-state index in [0.717, 1.165) is 70.3 Å². The Balaban J connectivity index is 1.56. The van der Waals surface area contributed by atoms with E-state index >= 15 is 0 Å². The van der Waals surface area contributed by atoms with Crippen molar-refractivity contribution in [1.82, 2.24) is 9.38 Å². The summed E-state index contributed by atoms with van der Waals surface area (Å²) in [6.07, 6.45) is 4.59. The molecule has 2 aliphatic rings. The maximum atomic E-state index is 13.9. The lowest BCUT2D eigenvalue weighted by Gasteiger charge is -2.54. The highest BCUT2D eigenvalue weighted by molar-refractivity contribution is 6.15. The lowest BCUT2D eigenvalue weighted by atomic mass is 9.50. The fraction of sp³-hybridized carbons (Fsp3) is 0.367. The van der Waals surface area contributed by atoms with E-state index in [1.807, 2.05) is 22.6 Å². The maximum Gasteiger partial charge on any atom is 0.311 e. The van der Waals surface area contributed by atoms with Crippen molar-refractivity contribution in [2.45, 2.75) is 51.4 Å². The van der Waals surface area contributed by atoms with Gasteiger partial charge in [-0.25, -0.2) is 4.98 Å². The van der Waals surface area contributed by atoms with E-state index in [1.165, 1.54) is 18.2 Å². The first kappa shape index (κ1) is 20.9. The minimum absolute atomic E-state index is 0.00415. The zero-order valence-corrected chi connectivity index (χ0v) is 20.4. The van der Waals surface area contributed by atoms with E-state index in [2.05, 4.69) is 44.2 Å². The number of ether oxygens (including phenoxy) is 1. The van der Waals surface area contributed by atoms with Gasteiger partial charge < -0.3 is 4.74 Å². The van der Waals surface area contributed by atoms with Gasteiger partial charge in [0.15, 0.2) is 0 Å². The minimum atomic E-state index is -0.490. The number of carbonyl (C=O) groups excluding carboxylic acids is 1. The molecule has 5 nitrogen and oxygen atoms in total. The highest BCUT2D eigenvalue weighted by atomic mass is 16.5. The van der Waals surface area contributed by atoms with Crippen molar-refractivity contribution in [3.05, 3.63) is 70.0 Å². The first-order chi connectivity index (χ1) is 16.9. The number of aryl methyl sites for hydroxylation is 1. The molecule has 3 aromatic carbocycles. The SMILES string of the molecule is COC(=O)[C@]1(C)CCC[C@]2(C)c3ccc4nc5c6cccc7cccc(c(=O)n5c4c3CC[C@@H]12)c76. The Labute approximate surface area is 203 Å². The van der Waals surface area contributed by atoms with Gasteiger partial charge in [0.25, 0.3) is 5.56 Å². The van der Waals surface area contributed by atoms with Gasteiger partial charge in [0.2, 0.25) is 0 Å². The molecule has 5 aromatic rings. The molecule has 0 unspecified atom stereocenters. The molecule has 1 saturated carbocycles. The topological polar surface area (TPSA) is 60.7 Å². The third-order valence-electron chi connectivity index (χ3n) is 9.38. The number of hydrogen-bond donors (Lipinski definition) is 0. The Bertz CT molecular complexity index is 1750. The first-order valence-electron chi connectivity index (χ1n) is 12.6. The third-order valence-corrected chi connectivity index (χ3v) is 9.38. The van der Waals surface area contributed by atoms with Gasteiger partial charge in [0.1, 0.15) is 5.65 Å². The van der Waals surface area contributed by atoms with Crippen LogP contribution in [0.3, 0.4) is 0 Å². The number of methoxy groups -OCH3 is 1. The molecular weight excluding hydrogens is 436 g/mol. The monoisotopic (exact) mass is 464 g/mol. The van der Waals surface area contributed by atoms with Crippen molar-refractivity contribution >= 4 is 44.2 Å². The molecule has 0 aliphatic heterocycles. The van der Waals surface area contributed by atoms with Gasteiger partial charge in [-0.3, -0.25) is 14.0 Å². The molecule has 0 spiro atoms. The van der Waals surface area contributed by atoms with Crippen molar-refractivity contribution in [2.75, 3.05) is 7.11 Å². The van der Waals surface area contributed by atoms with Crippen LogP contribution in [0.25, 0.3) is 38.2 Å². The third kappa shape index (κ3) is 2.46. The largest absolute Gasteiger partial charge is 0.469 e. The average Bonchev–Trinajstić information content (AvgIpc) is 3.27. The molecule has 0 N–H and O–H groups in total. The molecule has 0 amide bonds. The number of benzene rings is 3. The molecule has 176 valence electrons. The van der Waals surface area contributed by atoms with E-state index in [9.17, 15) is 9.59 Å². The molecule has 5 heteroatoms. The predicted octanol–water partition coefficient (Wildman–Crippen LogP) is 5.78. The summed E-state index contributed by atoms with van der Waals surface area (Å²) in [4.78, 5) is 31.8. The van der Waals surface area contributed by atoms with E-state index in [4.69, 9.17) is 9.72 Å². The number of fused-ring (bicyclic) bond motifs is 8. The summed E-state index contributed by atoms with van der Waals surface area (Å²) in [5.74, 6) is 0.106. The standard InChI is InChI=1S/C30H28N2O3/c1-29-15-6-16-30(2,28(34)35-3)23(29)14-11-18-21(29)12-13-22-25(18)32-26(31-22)19-9-4-7-17-8-5-10-20(24(17)19)27(32)33/h4-5,7-10,12-13,23H,6,11,14-16H2,1-3H3/t23-,29-,30-/m1/s1. The van der Waals surface area contributed by atoms with Gasteiger partial charge in [0, 0.05) is 16.2 Å². The molecule has 1 fully saturated rings. The van der Waals surface area contributed by atoms with Gasteiger partial charge in [0.05, 0.1) is 23.6 Å². The Hall–Kier alpha value is -3.47. The summed E-state index contributed by atoms with van der Waals surface area (Å²) >= 11 is 0. The van der Waals surface area contributed by atoms with E-state index < -0.39 is 5.41 Å². The van der Waals surface area contributed by atoms with Crippen LogP contribution in [0, 0.1) is 11.3 Å². The molecule has 3 atom stereocenters. The first-order valence-corrected chi connectivity index (χ1v) is 12.6. The molecule has 2 aliphatic carbocycles. The van der Waals surface area contributed by atoms with E-state index in [0.29, 0.717) is 0 Å². The highest BCUT2D eigenvalue weighted by Crippen LogP contribution is 2.58.